The van der Waals surface area contributed by atoms with Crippen LogP contribution in [0.2, 0.25) is 0 Å². The smallest absolute Gasteiger partial charge is 0.382 e. The van der Waals surface area contributed by atoms with Crippen LogP contribution in [0.25, 0.3) is 0 Å². The fourth-order valence-electron chi connectivity index (χ4n) is 6.30. The lowest BCUT2D eigenvalue weighted by atomic mass is 9.82. The fraction of sp³-hybridized carbons (Fsp3) is 0.312. The number of alkyl halides is 6. The Kier molecular flexibility index (Phi) is 7.97. The molecule has 0 bridgehead atoms. The van der Waals surface area contributed by atoms with Gasteiger partial charge in [-0.25, -0.2) is 9.67 Å². The highest BCUT2D eigenvalue weighted by Gasteiger charge is 2.55. The van der Waals surface area contributed by atoms with Gasteiger partial charge in [0.25, 0.3) is 5.91 Å². The zero-order valence-corrected chi connectivity index (χ0v) is 23.9. The van der Waals surface area contributed by atoms with Crippen molar-refractivity contribution in [1.29, 1.82) is 5.26 Å². The second kappa shape index (κ2) is 11.8. The number of carbonyl (C=O) groups is 1. The van der Waals surface area contributed by atoms with Crippen LogP contribution in [0.15, 0.2) is 72.9 Å². The number of hydrogen-bond acceptors (Lipinski definition) is 6. The second-order valence-electron chi connectivity index (χ2n) is 11.2. The number of aromatic nitrogens is 3. The molecule has 8 nitrogen and oxygen atoms in total. The third-order valence-corrected chi connectivity index (χ3v) is 8.46. The van der Waals surface area contributed by atoms with Crippen LogP contribution >= 0.6 is 0 Å². The highest BCUT2D eigenvalue weighted by atomic mass is 19.4. The zero-order chi connectivity index (χ0) is 32.8. The van der Waals surface area contributed by atoms with Gasteiger partial charge in [-0.1, -0.05) is 60.7 Å². The largest absolute Gasteiger partial charge is 0.417 e. The van der Waals surface area contributed by atoms with Crippen molar-refractivity contribution in [3.63, 3.8) is 0 Å². The number of aliphatic hydroxyl groups excluding tert-OH is 1. The van der Waals surface area contributed by atoms with Crippen molar-refractivity contribution in [2.45, 2.75) is 49.2 Å². The van der Waals surface area contributed by atoms with E-state index in [-0.39, 0.29) is 48.8 Å². The Bertz CT molecular complexity index is 1740. The number of aliphatic hydroxyl groups is 1. The molecule has 2 aromatic carbocycles. The van der Waals surface area contributed by atoms with E-state index in [1.165, 1.54) is 10.8 Å². The quantitative estimate of drug-likeness (QED) is 0.254. The lowest BCUT2D eigenvalue weighted by molar-refractivity contribution is -0.177. The zero-order valence-electron chi connectivity index (χ0n) is 23.9. The molecule has 0 unspecified atom stereocenters. The first-order chi connectivity index (χ1) is 21.9. The first-order valence-corrected chi connectivity index (χ1v) is 14.4. The average molecular weight is 641 g/mol. The molecule has 0 aliphatic carbocycles. The summed E-state index contributed by atoms with van der Waals surface area (Å²) >= 11 is 0. The highest BCUT2D eigenvalue weighted by molar-refractivity contribution is 5.97. The summed E-state index contributed by atoms with van der Waals surface area (Å²) < 4.78 is 86.0. The van der Waals surface area contributed by atoms with E-state index in [9.17, 15) is 36.2 Å². The molecular formula is C32H26F6N6O2. The van der Waals surface area contributed by atoms with Crippen LogP contribution < -0.4 is 10.2 Å². The summed E-state index contributed by atoms with van der Waals surface area (Å²) in [5.41, 5.74) is -0.634. The minimum atomic E-state index is -5.00. The van der Waals surface area contributed by atoms with E-state index in [0.717, 1.165) is 12.3 Å². The minimum absolute atomic E-state index is 0.0126. The number of carbonyl (C=O) groups excluding carboxylic acids is 1. The minimum Gasteiger partial charge on any atom is -0.382 e. The summed E-state index contributed by atoms with van der Waals surface area (Å²) in [7, 11) is 0. The van der Waals surface area contributed by atoms with Crippen molar-refractivity contribution in [3.05, 3.63) is 106 Å². The predicted octanol–water partition coefficient (Wildman–Crippen LogP) is 6.15. The molecule has 1 saturated heterocycles. The third kappa shape index (κ3) is 5.66. The number of fused-ring (bicyclic) bond motifs is 1. The standard InChI is InChI=1S/C32H26F6N6O2/c33-31(34,35)22-15-23(40-17-21(22)16-39)43-13-11-18(12-14-43)26-24-25(32(36,37)38)28(45)30(46)41-29(24)44(42-26)27(19-7-3-1-4-8-19)20-9-5-2-6-10-20/h1-10,15,17-18,25,27-28,45H,11-14H2,(H,41,46)/t25-,28-/m0/s1. The molecule has 1 fully saturated rings. The first-order valence-electron chi connectivity index (χ1n) is 14.4. The van der Waals surface area contributed by atoms with Gasteiger partial charge in [0, 0.05) is 30.8 Å². The molecular weight excluding hydrogens is 614 g/mol. The summed E-state index contributed by atoms with van der Waals surface area (Å²) in [5.74, 6) is -4.52. The molecule has 0 spiro atoms. The van der Waals surface area contributed by atoms with Crippen LogP contribution in [0.1, 0.15) is 64.2 Å². The molecule has 2 atom stereocenters. The number of pyridine rings is 1. The molecule has 0 radical (unpaired) electrons. The Labute approximate surface area is 258 Å². The van der Waals surface area contributed by atoms with Crippen molar-refractivity contribution in [1.82, 2.24) is 14.8 Å². The van der Waals surface area contributed by atoms with Gasteiger partial charge in [0.1, 0.15) is 35.8 Å². The molecule has 14 heteroatoms. The van der Waals surface area contributed by atoms with E-state index in [1.807, 2.05) is 0 Å². The Hall–Kier alpha value is -4.90. The molecule has 2 aliphatic heterocycles. The van der Waals surface area contributed by atoms with Crippen molar-refractivity contribution in [2.24, 2.45) is 0 Å². The van der Waals surface area contributed by atoms with Crippen LogP contribution in [-0.4, -0.2) is 51.1 Å². The van der Waals surface area contributed by atoms with Crippen molar-refractivity contribution >= 4 is 17.5 Å². The molecule has 2 aliphatic rings. The van der Waals surface area contributed by atoms with Crippen LogP contribution in [0.5, 0.6) is 0 Å². The van der Waals surface area contributed by atoms with Gasteiger partial charge in [-0.05, 0) is 30.0 Å². The van der Waals surface area contributed by atoms with Gasteiger partial charge in [-0.2, -0.15) is 36.7 Å². The maximum Gasteiger partial charge on any atom is 0.417 e. The van der Waals surface area contributed by atoms with E-state index in [4.69, 9.17) is 10.4 Å². The van der Waals surface area contributed by atoms with Gasteiger partial charge in [-0.15, -0.1) is 0 Å². The Morgan fingerprint density at radius 1 is 0.957 bits per heavy atom. The van der Waals surface area contributed by atoms with Crippen LogP contribution in [0, 0.1) is 11.3 Å². The number of nitrogens with one attached hydrogen (secondary N) is 1. The van der Waals surface area contributed by atoms with E-state index in [0.29, 0.717) is 11.1 Å². The lowest BCUT2D eigenvalue weighted by Crippen LogP contribution is -2.45. The van der Waals surface area contributed by atoms with Crippen LogP contribution in [0.4, 0.5) is 38.0 Å². The number of rotatable bonds is 5. The maximum atomic E-state index is 14.6. The van der Waals surface area contributed by atoms with E-state index in [1.54, 1.807) is 65.6 Å². The third-order valence-electron chi connectivity index (χ3n) is 8.46. The van der Waals surface area contributed by atoms with Gasteiger partial charge in [-0.3, -0.25) is 4.79 Å². The number of nitriles is 1. The molecule has 6 rings (SSSR count). The summed E-state index contributed by atoms with van der Waals surface area (Å²) in [4.78, 5) is 18.4. The summed E-state index contributed by atoms with van der Waals surface area (Å²) in [6.07, 6.45) is -10.9. The normalized spacial score (nSPS) is 19.1. The predicted molar refractivity (Wildman–Crippen MR) is 154 cm³/mol. The van der Waals surface area contributed by atoms with E-state index >= 15 is 0 Å². The van der Waals surface area contributed by atoms with E-state index < -0.39 is 53.4 Å². The number of amides is 1. The Morgan fingerprint density at radius 3 is 2.07 bits per heavy atom. The van der Waals surface area contributed by atoms with Gasteiger partial charge in [0.05, 0.1) is 16.8 Å². The SMILES string of the molecule is N#Cc1cnc(N2CCC(c3nn(C(c4ccccc4)c4ccccc4)c4c3[C@H](C(F)(F)F)[C@H](O)C(=O)N4)CC2)cc1C(F)(F)F. The summed E-state index contributed by atoms with van der Waals surface area (Å²) in [6, 6.07) is 19.4. The van der Waals surface area contributed by atoms with E-state index in [2.05, 4.69) is 10.3 Å². The van der Waals surface area contributed by atoms with Gasteiger partial charge < -0.3 is 15.3 Å². The molecule has 2 aromatic heterocycles. The summed E-state index contributed by atoms with van der Waals surface area (Å²) in [6.45, 7) is 0.268. The molecule has 2 N–H and O–H groups in total. The lowest BCUT2D eigenvalue weighted by Gasteiger charge is -2.35. The van der Waals surface area contributed by atoms with Crippen LogP contribution in [-0.2, 0) is 11.0 Å². The maximum absolute atomic E-state index is 14.6. The van der Waals surface area contributed by atoms with Gasteiger partial charge in [0.15, 0.2) is 0 Å². The Morgan fingerprint density at radius 2 is 1.54 bits per heavy atom. The second-order valence-corrected chi connectivity index (χ2v) is 11.2. The van der Waals surface area contributed by atoms with Gasteiger partial charge >= 0.3 is 12.4 Å². The number of anilines is 2. The summed E-state index contributed by atoms with van der Waals surface area (Å²) in [5, 5.41) is 26.9. The highest BCUT2D eigenvalue weighted by Crippen LogP contribution is 2.49. The molecule has 238 valence electrons. The molecule has 4 aromatic rings. The topological polar surface area (TPSA) is 107 Å². The number of hydrogen-bond donors (Lipinski definition) is 2. The van der Waals surface area contributed by atoms with Crippen molar-refractivity contribution in [3.8, 4) is 6.07 Å². The number of benzene rings is 2. The fourth-order valence-corrected chi connectivity index (χ4v) is 6.30. The molecule has 0 saturated carbocycles. The van der Waals surface area contributed by atoms with Crippen molar-refractivity contribution < 1.29 is 36.2 Å². The van der Waals surface area contributed by atoms with Crippen LogP contribution in [0.3, 0.4) is 0 Å². The Balaban J connectivity index is 1.43. The number of piperidine rings is 1. The molecule has 4 heterocycles. The molecule has 46 heavy (non-hydrogen) atoms. The van der Waals surface area contributed by atoms with Gasteiger partial charge in [0.2, 0.25) is 0 Å². The monoisotopic (exact) mass is 640 g/mol. The molecule has 1 amide bonds. The first kappa shape index (κ1) is 31.1. The van der Waals surface area contributed by atoms with Crippen molar-refractivity contribution in [2.75, 3.05) is 23.3 Å². The number of nitrogens with zero attached hydrogens (tertiary/aromatic N) is 5. The average Bonchev–Trinajstić information content (AvgIpc) is 3.39. The number of halogens is 6.